The minimum absolute atomic E-state index is 0.155. The first-order chi connectivity index (χ1) is 12.8. The van der Waals surface area contributed by atoms with Crippen molar-refractivity contribution in [1.82, 2.24) is 9.97 Å². The van der Waals surface area contributed by atoms with Gasteiger partial charge in [-0.05, 0) is 17.7 Å². The van der Waals surface area contributed by atoms with Crippen LogP contribution in [0.5, 0.6) is 0 Å². The molecule has 1 N–H and O–H groups in total. The number of para-hydroxylation sites is 1. The van der Waals surface area contributed by atoms with E-state index in [4.69, 9.17) is 4.74 Å². The van der Waals surface area contributed by atoms with Crippen LogP contribution in [0.3, 0.4) is 0 Å². The van der Waals surface area contributed by atoms with E-state index in [1.807, 2.05) is 54.6 Å². The van der Waals surface area contributed by atoms with E-state index in [1.54, 1.807) is 5.38 Å². The first-order valence-electron chi connectivity index (χ1n) is 8.03. The van der Waals surface area contributed by atoms with Crippen molar-refractivity contribution in [1.29, 1.82) is 0 Å². The maximum Gasteiger partial charge on any atom is 0.358 e. The Kier molecular flexibility index (Phi) is 4.90. The van der Waals surface area contributed by atoms with Crippen molar-refractivity contribution < 1.29 is 9.53 Å². The molecule has 0 radical (unpaired) electrons. The fourth-order valence-electron chi connectivity index (χ4n) is 2.41. The molecule has 0 aliphatic heterocycles. The van der Waals surface area contributed by atoms with Gasteiger partial charge in [-0.1, -0.05) is 42.5 Å². The summed E-state index contributed by atoms with van der Waals surface area (Å²) < 4.78 is 6.43. The molecule has 0 aliphatic carbocycles. The Morgan fingerprint density at radius 3 is 2.69 bits per heavy atom. The van der Waals surface area contributed by atoms with Crippen molar-refractivity contribution in [3.05, 3.63) is 76.2 Å². The molecule has 0 unspecified atom stereocenters. The van der Waals surface area contributed by atoms with Crippen molar-refractivity contribution >= 4 is 44.0 Å². The van der Waals surface area contributed by atoms with Gasteiger partial charge in [0, 0.05) is 11.9 Å². The molecule has 0 fully saturated rings. The van der Waals surface area contributed by atoms with Gasteiger partial charge in [-0.15, -0.1) is 22.7 Å². The molecule has 5 nitrogen and oxygen atoms in total. The van der Waals surface area contributed by atoms with Crippen LogP contribution in [0.2, 0.25) is 0 Å². The van der Waals surface area contributed by atoms with Gasteiger partial charge < -0.3 is 10.1 Å². The quantitative estimate of drug-likeness (QED) is 0.490. The van der Waals surface area contributed by atoms with E-state index >= 15 is 0 Å². The molecule has 2 aromatic carbocycles. The van der Waals surface area contributed by atoms with Crippen molar-refractivity contribution in [2.45, 2.75) is 13.2 Å². The number of esters is 1. The van der Waals surface area contributed by atoms with Crippen LogP contribution in [-0.2, 0) is 17.9 Å². The van der Waals surface area contributed by atoms with Crippen molar-refractivity contribution in [2.75, 3.05) is 5.32 Å². The Morgan fingerprint density at radius 1 is 1.04 bits per heavy atom. The number of benzene rings is 2. The van der Waals surface area contributed by atoms with Crippen molar-refractivity contribution in [3.63, 3.8) is 0 Å². The van der Waals surface area contributed by atoms with Crippen LogP contribution in [0, 0.1) is 0 Å². The number of carbonyl (C=O) groups excluding carboxylic acids is 1. The summed E-state index contributed by atoms with van der Waals surface area (Å²) in [4.78, 5) is 20.9. The third-order valence-corrected chi connectivity index (χ3v) is 5.47. The summed E-state index contributed by atoms with van der Waals surface area (Å²) in [6.07, 6.45) is 0. The maximum absolute atomic E-state index is 12.2. The zero-order valence-corrected chi connectivity index (χ0v) is 15.3. The Bertz CT molecular complexity index is 994. The number of ether oxygens (including phenoxy) is 1. The number of thiazole rings is 2. The van der Waals surface area contributed by atoms with Crippen LogP contribution >= 0.6 is 22.7 Å². The number of nitrogens with one attached hydrogen (secondary N) is 1. The van der Waals surface area contributed by atoms with E-state index in [2.05, 4.69) is 15.3 Å². The normalized spacial score (nSPS) is 10.8. The van der Waals surface area contributed by atoms with Crippen molar-refractivity contribution in [2.24, 2.45) is 0 Å². The molecule has 2 heterocycles. The molecular formula is C19H15N3O2S2. The van der Waals surface area contributed by atoms with Crippen LogP contribution in [0.15, 0.2) is 60.0 Å². The predicted octanol–water partition coefficient (Wildman–Crippen LogP) is 4.72. The van der Waals surface area contributed by atoms with Gasteiger partial charge in [0.1, 0.15) is 11.6 Å². The zero-order chi connectivity index (χ0) is 17.8. The molecular weight excluding hydrogens is 366 g/mol. The topological polar surface area (TPSA) is 64.1 Å². The Hall–Kier alpha value is -2.77. The number of hydrogen-bond donors (Lipinski definition) is 1. The molecule has 130 valence electrons. The highest BCUT2D eigenvalue weighted by molar-refractivity contribution is 7.18. The van der Waals surface area contributed by atoms with Crippen LogP contribution in [0.1, 0.15) is 21.1 Å². The summed E-state index contributed by atoms with van der Waals surface area (Å²) in [5, 5.41) is 6.39. The average molecular weight is 381 g/mol. The lowest BCUT2D eigenvalue weighted by Gasteiger charge is -2.02. The van der Waals surface area contributed by atoms with Gasteiger partial charge in [-0.25, -0.2) is 14.8 Å². The van der Waals surface area contributed by atoms with E-state index in [1.165, 1.54) is 22.7 Å². The number of nitrogens with zero attached hydrogens (tertiary/aromatic N) is 2. The summed E-state index contributed by atoms with van der Waals surface area (Å²) in [5.74, 6) is -0.437. The van der Waals surface area contributed by atoms with Gasteiger partial charge in [0.15, 0.2) is 10.8 Å². The molecule has 7 heteroatoms. The number of fused-ring (bicyclic) bond motifs is 1. The van der Waals surface area contributed by atoms with Crippen LogP contribution < -0.4 is 5.32 Å². The molecule has 0 spiro atoms. The molecule has 0 aliphatic rings. The van der Waals surface area contributed by atoms with E-state index < -0.39 is 5.97 Å². The third kappa shape index (κ3) is 3.89. The standard InChI is InChI=1S/C19H15N3O2S2/c23-18(24-11-17-21-14-8-4-5-9-16(14)26-17)15-12-25-19(22-15)20-10-13-6-2-1-3-7-13/h1-9,12H,10-11H2,(H,20,22). The summed E-state index contributed by atoms with van der Waals surface area (Å²) in [5.41, 5.74) is 2.39. The Balaban J connectivity index is 1.34. The largest absolute Gasteiger partial charge is 0.454 e. The summed E-state index contributed by atoms with van der Waals surface area (Å²) >= 11 is 2.91. The Labute approximate surface area is 158 Å². The number of rotatable bonds is 6. The van der Waals surface area contributed by atoms with Gasteiger partial charge in [0.05, 0.1) is 10.2 Å². The monoisotopic (exact) mass is 381 g/mol. The van der Waals surface area contributed by atoms with Crippen LogP contribution in [0.4, 0.5) is 5.13 Å². The van der Waals surface area contributed by atoms with Gasteiger partial charge in [-0.3, -0.25) is 0 Å². The average Bonchev–Trinajstić information content (AvgIpc) is 3.32. The SMILES string of the molecule is O=C(OCc1nc2ccccc2s1)c1csc(NCc2ccccc2)n1. The van der Waals surface area contributed by atoms with E-state index in [0.717, 1.165) is 20.8 Å². The van der Waals surface area contributed by atoms with E-state index in [-0.39, 0.29) is 6.61 Å². The predicted molar refractivity (Wildman–Crippen MR) is 105 cm³/mol. The minimum atomic E-state index is -0.437. The second-order valence-electron chi connectivity index (χ2n) is 5.53. The molecule has 0 amide bonds. The second kappa shape index (κ2) is 7.63. The lowest BCUT2D eigenvalue weighted by molar-refractivity contribution is 0.0466. The molecule has 4 aromatic rings. The maximum atomic E-state index is 12.2. The summed E-state index contributed by atoms with van der Waals surface area (Å²) in [7, 11) is 0. The first-order valence-corrected chi connectivity index (χ1v) is 9.72. The highest BCUT2D eigenvalue weighted by Gasteiger charge is 2.13. The number of hydrogen-bond acceptors (Lipinski definition) is 7. The fourth-order valence-corrected chi connectivity index (χ4v) is 3.96. The lowest BCUT2D eigenvalue weighted by atomic mass is 10.2. The molecule has 26 heavy (non-hydrogen) atoms. The molecule has 0 saturated heterocycles. The molecule has 2 aromatic heterocycles. The van der Waals surface area contributed by atoms with E-state index in [9.17, 15) is 4.79 Å². The number of anilines is 1. The highest BCUT2D eigenvalue weighted by Crippen LogP contribution is 2.23. The van der Waals surface area contributed by atoms with E-state index in [0.29, 0.717) is 17.4 Å². The third-order valence-electron chi connectivity index (χ3n) is 3.66. The van der Waals surface area contributed by atoms with Gasteiger partial charge in [-0.2, -0.15) is 0 Å². The van der Waals surface area contributed by atoms with Gasteiger partial charge in [0.25, 0.3) is 0 Å². The second-order valence-corrected chi connectivity index (χ2v) is 7.50. The van der Waals surface area contributed by atoms with Crippen LogP contribution in [0.25, 0.3) is 10.2 Å². The first kappa shape index (κ1) is 16.7. The number of aromatic nitrogens is 2. The van der Waals surface area contributed by atoms with Gasteiger partial charge >= 0.3 is 5.97 Å². The van der Waals surface area contributed by atoms with Crippen LogP contribution in [-0.4, -0.2) is 15.9 Å². The molecule has 0 bridgehead atoms. The number of carbonyl (C=O) groups is 1. The fraction of sp³-hybridized carbons (Fsp3) is 0.105. The highest BCUT2D eigenvalue weighted by atomic mass is 32.1. The molecule has 0 saturated carbocycles. The Morgan fingerprint density at radius 2 is 1.85 bits per heavy atom. The van der Waals surface area contributed by atoms with Crippen molar-refractivity contribution in [3.8, 4) is 0 Å². The zero-order valence-electron chi connectivity index (χ0n) is 13.7. The summed E-state index contributed by atoms with van der Waals surface area (Å²) in [6, 6.07) is 17.9. The smallest absolute Gasteiger partial charge is 0.358 e. The summed E-state index contributed by atoms with van der Waals surface area (Å²) in [6.45, 7) is 0.816. The molecule has 0 atom stereocenters. The molecule has 4 rings (SSSR count). The minimum Gasteiger partial charge on any atom is -0.454 e. The lowest BCUT2D eigenvalue weighted by Crippen LogP contribution is -2.06. The van der Waals surface area contributed by atoms with Gasteiger partial charge in [0.2, 0.25) is 0 Å².